The summed E-state index contributed by atoms with van der Waals surface area (Å²) in [5, 5.41) is 4.05. The quantitative estimate of drug-likeness (QED) is 0.124. The van der Waals surface area contributed by atoms with Crippen molar-refractivity contribution in [2.45, 2.75) is 19.0 Å². The number of nitrogens with one attached hydrogen (secondary N) is 3. The second kappa shape index (κ2) is 15.9. The van der Waals surface area contributed by atoms with Crippen molar-refractivity contribution in [3.05, 3.63) is 120 Å². The minimum atomic E-state index is -0.948. The van der Waals surface area contributed by atoms with Crippen LogP contribution in [0.5, 0.6) is 11.5 Å². The standard InChI is InChI=1S/C39H39N7O6/c1-50-33-23-32-31(22-34(33)52-19-7-16-45-17-20-51-21-18-45)36(41-25-40-32)42-29-14-12-27(13-15-29)37(47)43-44-38(48)35(26-8-3-2-4-9-26)46-24-28-10-5-6-11-30(28)39(46)49/h2-6,8-15,22-23,25,35H,7,16-21,24H2,1H3,(H,43,47)(H,44,48)(H,40,41,42). The minimum absolute atomic E-state index is 0.243. The number of nitrogens with zero attached hydrogens (tertiary/aromatic N) is 4. The smallest absolute Gasteiger partial charge is 0.269 e. The molecule has 0 saturated carbocycles. The van der Waals surface area contributed by atoms with Gasteiger partial charge in [-0.2, -0.15) is 0 Å². The summed E-state index contributed by atoms with van der Waals surface area (Å²) in [5.74, 6) is 0.438. The molecular formula is C39H39N7O6. The van der Waals surface area contributed by atoms with E-state index in [1.807, 2.05) is 30.3 Å². The topological polar surface area (TPSA) is 147 Å². The maximum Gasteiger partial charge on any atom is 0.269 e. The van der Waals surface area contributed by atoms with Gasteiger partial charge >= 0.3 is 0 Å². The molecule has 52 heavy (non-hydrogen) atoms. The van der Waals surface area contributed by atoms with Crippen LogP contribution in [0.25, 0.3) is 10.9 Å². The predicted octanol–water partition coefficient (Wildman–Crippen LogP) is 4.64. The van der Waals surface area contributed by atoms with Crippen LogP contribution in [-0.2, 0) is 16.1 Å². The molecule has 7 rings (SSSR count). The minimum Gasteiger partial charge on any atom is -0.493 e. The number of hydrogen-bond acceptors (Lipinski definition) is 10. The van der Waals surface area contributed by atoms with Gasteiger partial charge < -0.3 is 24.4 Å². The highest BCUT2D eigenvalue weighted by atomic mass is 16.5. The van der Waals surface area contributed by atoms with Gasteiger partial charge in [-0.1, -0.05) is 48.5 Å². The van der Waals surface area contributed by atoms with Gasteiger partial charge in [0, 0.05) is 54.4 Å². The first-order valence-corrected chi connectivity index (χ1v) is 17.2. The third-order valence-electron chi connectivity index (χ3n) is 9.13. The number of hydrazine groups is 1. The Balaban J connectivity index is 0.993. The van der Waals surface area contributed by atoms with Gasteiger partial charge in [0.1, 0.15) is 18.2 Å². The molecule has 3 amide bonds. The van der Waals surface area contributed by atoms with Crippen LogP contribution in [0.3, 0.4) is 0 Å². The van der Waals surface area contributed by atoms with Gasteiger partial charge in [0.25, 0.3) is 17.7 Å². The summed E-state index contributed by atoms with van der Waals surface area (Å²) in [5.41, 5.74) is 8.75. The van der Waals surface area contributed by atoms with Crippen molar-refractivity contribution in [3.8, 4) is 11.5 Å². The zero-order valence-corrected chi connectivity index (χ0v) is 28.7. The molecule has 13 heteroatoms. The van der Waals surface area contributed by atoms with E-state index in [1.165, 1.54) is 11.2 Å². The predicted molar refractivity (Wildman–Crippen MR) is 194 cm³/mol. The molecule has 0 bridgehead atoms. The highest BCUT2D eigenvalue weighted by molar-refractivity contribution is 6.02. The second-order valence-corrected chi connectivity index (χ2v) is 12.4. The SMILES string of the molecule is COc1cc2ncnc(Nc3ccc(C(=O)NNC(=O)C(c4ccccc4)N4Cc5ccccc5C4=O)cc3)c2cc1OCCCN1CCOCC1. The molecule has 0 aliphatic carbocycles. The summed E-state index contributed by atoms with van der Waals surface area (Å²) >= 11 is 0. The number of benzene rings is 4. The summed E-state index contributed by atoms with van der Waals surface area (Å²) in [6.45, 7) is 5.12. The Kier molecular flexibility index (Phi) is 10.5. The fourth-order valence-electron chi connectivity index (χ4n) is 6.43. The number of amides is 3. The van der Waals surface area contributed by atoms with Crippen molar-refractivity contribution in [1.82, 2.24) is 30.6 Å². The number of rotatable bonds is 12. The lowest BCUT2D eigenvalue weighted by atomic mass is 10.0. The fourth-order valence-corrected chi connectivity index (χ4v) is 6.43. The summed E-state index contributed by atoms with van der Waals surface area (Å²) in [7, 11) is 1.60. The van der Waals surface area contributed by atoms with Gasteiger partial charge in [-0.15, -0.1) is 0 Å². The van der Waals surface area contributed by atoms with E-state index in [-0.39, 0.29) is 12.5 Å². The molecule has 4 aromatic carbocycles. The van der Waals surface area contributed by atoms with E-state index < -0.39 is 17.9 Å². The van der Waals surface area contributed by atoms with Gasteiger partial charge in [0.2, 0.25) is 0 Å². The summed E-state index contributed by atoms with van der Waals surface area (Å²) < 4.78 is 17.2. The van der Waals surface area contributed by atoms with E-state index in [4.69, 9.17) is 14.2 Å². The maximum atomic E-state index is 13.6. The molecule has 266 valence electrons. The third-order valence-corrected chi connectivity index (χ3v) is 9.13. The van der Waals surface area contributed by atoms with Crippen molar-refractivity contribution in [1.29, 1.82) is 0 Å². The molecule has 1 fully saturated rings. The van der Waals surface area contributed by atoms with Gasteiger partial charge in [0.05, 0.1) is 32.4 Å². The first kappa shape index (κ1) is 34.4. The molecular weight excluding hydrogens is 662 g/mol. The van der Waals surface area contributed by atoms with E-state index in [1.54, 1.807) is 67.8 Å². The van der Waals surface area contributed by atoms with E-state index >= 15 is 0 Å². The number of carbonyl (C=O) groups is 3. The van der Waals surface area contributed by atoms with Crippen molar-refractivity contribution in [2.75, 3.05) is 51.9 Å². The number of carbonyl (C=O) groups excluding carboxylic acids is 3. The first-order valence-electron chi connectivity index (χ1n) is 17.2. The van der Waals surface area contributed by atoms with Crippen molar-refractivity contribution in [2.24, 2.45) is 0 Å². The molecule has 0 radical (unpaired) electrons. The highest BCUT2D eigenvalue weighted by Crippen LogP contribution is 2.35. The molecule has 0 spiro atoms. The van der Waals surface area contributed by atoms with Crippen LogP contribution in [0.15, 0.2) is 97.3 Å². The molecule has 2 aliphatic heterocycles. The highest BCUT2D eigenvalue weighted by Gasteiger charge is 2.37. The number of methoxy groups -OCH3 is 1. The Morgan fingerprint density at radius 2 is 1.67 bits per heavy atom. The van der Waals surface area contributed by atoms with E-state index in [2.05, 4.69) is 31.0 Å². The van der Waals surface area contributed by atoms with Crippen LogP contribution in [0, 0.1) is 0 Å². The molecule has 2 aliphatic rings. The van der Waals surface area contributed by atoms with E-state index in [0.29, 0.717) is 51.8 Å². The number of morpholine rings is 1. The van der Waals surface area contributed by atoms with Crippen LogP contribution in [0.1, 0.15) is 44.3 Å². The number of fused-ring (bicyclic) bond motifs is 2. The van der Waals surface area contributed by atoms with Gasteiger partial charge in [-0.05, 0) is 53.9 Å². The van der Waals surface area contributed by atoms with Crippen LogP contribution >= 0.6 is 0 Å². The van der Waals surface area contributed by atoms with E-state index in [0.717, 1.165) is 50.2 Å². The largest absolute Gasteiger partial charge is 0.493 e. The van der Waals surface area contributed by atoms with Crippen LogP contribution in [0.4, 0.5) is 11.5 Å². The zero-order chi connectivity index (χ0) is 35.9. The lowest BCUT2D eigenvalue weighted by Gasteiger charge is -2.27. The first-order chi connectivity index (χ1) is 25.5. The number of aromatic nitrogens is 2. The Labute approximate surface area is 300 Å². The maximum absolute atomic E-state index is 13.6. The molecule has 1 aromatic heterocycles. The molecule has 13 nitrogen and oxygen atoms in total. The normalized spacial score (nSPS) is 14.8. The average Bonchev–Trinajstić information content (AvgIpc) is 3.51. The van der Waals surface area contributed by atoms with Crippen molar-refractivity contribution in [3.63, 3.8) is 0 Å². The molecule has 5 aromatic rings. The Bertz CT molecular complexity index is 2050. The fraction of sp³-hybridized carbons (Fsp3) is 0.256. The molecule has 1 atom stereocenters. The zero-order valence-electron chi connectivity index (χ0n) is 28.7. The van der Waals surface area contributed by atoms with Crippen molar-refractivity contribution < 1.29 is 28.6 Å². The van der Waals surface area contributed by atoms with Gasteiger partial charge in [0.15, 0.2) is 11.5 Å². The molecule has 3 N–H and O–H groups in total. The summed E-state index contributed by atoms with van der Waals surface area (Å²) in [6.07, 6.45) is 2.33. The van der Waals surface area contributed by atoms with Crippen LogP contribution in [0.2, 0.25) is 0 Å². The lowest BCUT2D eigenvalue weighted by Crippen LogP contribution is -2.48. The van der Waals surface area contributed by atoms with Crippen molar-refractivity contribution >= 4 is 40.1 Å². The van der Waals surface area contributed by atoms with Gasteiger partial charge in [-0.25, -0.2) is 9.97 Å². The van der Waals surface area contributed by atoms with Crippen LogP contribution in [-0.4, -0.2) is 84.1 Å². The average molecular weight is 702 g/mol. The van der Waals surface area contributed by atoms with Crippen LogP contribution < -0.4 is 25.6 Å². The Morgan fingerprint density at radius 1 is 0.904 bits per heavy atom. The number of ether oxygens (including phenoxy) is 3. The Hall–Kier alpha value is -6.05. The molecule has 3 heterocycles. The van der Waals surface area contributed by atoms with Gasteiger partial charge in [-0.3, -0.25) is 30.1 Å². The molecule has 1 saturated heterocycles. The molecule has 1 unspecified atom stereocenters. The summed E-state index contributed by atoms with van der Waals surface area (Å²) in [6, 6.07) is 25.8. The van der Waals surface area contributed by atoms with E-state index in [9.17, 15) is 14.4 Å². The third kappa shape index (κ3) is 7.65. The Morgan fingerprint density at radius 3 is 2.44 bits per heavy atom. The number of anilines is 2. The number of hydrogen-bond donors (Lipinski definition) is 3. The summed E-state index contributed by atoms with van der Waals surface area (Å²) in [4.78, 5) is 52.7. The monoisotopic (exact) mass is 701 g/mol. The second-order valence-electron chi connectivity index (χ2n) is 12.4. The lowest BCUT2D eigenvalue weighted by molar-refractivity contribution is -0.126.